The van der Waals surface area contributed by atoms with E-state index in [4.69, 9.17) is 0 Å². The summed E-state index contributed by atoms with van der Waals surface area (Å²) in [6.07, 6.45) is 44.1. The molecule has 0 saturated carbocycles. The summed E-state index contributed by atoms with van der Waals surface area (Å²) in [5, 5.41) is 0. The third-order valence-corrected chi connectivity index (χ3v) is 11.4. The van der Waals surface area contributed by atoms with Crippen molar-refractivity contribution in [3.8, 4) is 0 Å². The molecule has 2 heteroatoms. The number of hydrogen-bond donors (Lipinski definition) is 0. The van der Waals surface area contributed by atoms with E-state index in [1.807, 2.05) is 6.04 Å². The van der Waals surface area contributed by atoms with E-state index in [1.54, 1.807) is 0 Å². The maximum atomic E-state index is 2.66. The highest BCUT2D eigenvalue weighted by Gasteiger charge is 2.35. The topological polar surface area (TPSA) is 0 Å². The van der Waals surface area contributed by atoms with Crippen LogP contribution >= 0.6 is 0 Å². The van der Waals surface area contributed by atoms with Gasteiger partial charge in [0.15, 0.2) is 6.04 Å². The highest BCUT2D eigenvalue weighted by atomic mass is 15.4. The van der Waals surface area contributed by atoms with E-state index in [1.165, 1.54) is 241 Å². The summed E-state index contributed by atoms with van der Waals surface area (Å²) >= 11 is 0. The molecule has 0 amide bonds. The van der Waals surface area contributed by atoms with Crippen LogP contribution in [0.3, 0.4) is 0 Å². The standard InChI is InChI=1S/C44H93N2/c1-8-13-17-21-25-27-29-33-39-45(6,40-34-30-28-26-22-18-14-9-2)43-38-44(37-12-5)46(7,41-35-31-23-19-15-10-3)42-36-32-24-20-16-11-4/h8-43H2,1-7H3/q+2. The van der Waals surface area contributed by atoms with Crippen molar-refractivity contribution in [1.29, 1.82) is 0 Å². The van der Waals surface area contributed by atoms with Gasteiger partial charge in [-0.15, -0.1) is 0 Å². The molecule has 0 aromatic carbocycles. The first-order valence-electron chi connectivity index (χ1n) is 21.9. The molecule has 1 radical (unpaired) electrons. The van der Waals surface area contributed by atoms with Gasteiger partial charge < -0.3 is 8.97 Å². The van der Waals surface area contributed by atoms with Gasteiger partial charge in [-0.2, -0.15) is 0 Å². The predicted octanol–water partition coefficient (Wildman–Crippen LogP) is 14.6. The van der Waals surface area contributed by atoms with Gasteiger partial charge >= 0.3 is 0 Å². The Kier molecular flexibility index (Phi) is 33.4. The molecule has 0 aliphatic carbocycles. The minimum absolute atomic E-state index is 1.28. The van der Waals surface area contributed by atoms with E-state index < -0.39 is 0 Å². The van der Waals surface area contributed by atoms with Crippen LogP contribution in [-0.4, -0.2) is 55.8 Å². The van der Waals surface area contributed by atoms with Crippen LogP contribution in [0, 0.1) is 6.04 Å². The Bertz CT molecular complexity index is 550. The monoisotopic (exact) mass is 650 g/mol. The number of rotatable bonds is 38. The Morgan fingerprint density at radius 1 is 0.283 bits per heavy atom. The zero-order valence-corrected chi connectivity index (χ0v) is 33.9. The van der Waals surface area contributed by atoms with Gasteiger partial charge in [0, 0.05) is 6.42 Å². The molecule has 2 nitrogen and oxygen atoms in total. The predicted molar refractivity (Wildman–Crippen MR) is 211 cm³/mol. The first-order valence-corrected chi connectivity index (χ1v) is 21.9. The number of unbranched alkanes of at least 4 members (excludes halogenated alkanes) is 24. The molecule has 0 aliphatic rings. The summed E-state index contributed by atoms with van der Waals surface area (Å²) in [5.41, 5.74) is 0. The zero-order valence-electron chi connectivity index (χ0n) is 33.9. The normalized spacial score (nSPS) is 12.5. The molecule has 0 atom stereocenters. The van der Waals surface area contributed by atoms with E-state index >= 15 is 0 Å². The number of hydrogen-bond acceptors (Lipinski definition) is 0. The molecule has 0 heterocycles. The fourth-order valence-corrected chi connectivity index (χ4v) is 7.85. The molecule has 0 spiro atoms. The van der Waals surface area contributed by atoms with Gasteiger partial charge in [0.05, 0.1) is 53.2 Å². The number of nitrogens with zero attached hydrogens (tertiary/aromatic N) is 2. The quantitative estimate of drug-likeness (QED) is 0.0461. The second kappa shape index (κ2) is 33.4. The fraction of sp³-hybridized carbons (Fsp3) is 0.977. The largest absolute Gasteiger partial charge is 0.326 e. The second-order valence-corrected chi connectivity index (χ2v) is 16.2. The van der Waals surface area contributed by atoms with Crippen LogP contribution in [-0.2, 0) is 0 Å². The molecule has 0 saturated heterocycles. The lowest BCUT2D eigenvalue weighted by Crippen LogP contribution is -2.52. The van der Waals surface area contributed by atoms with Crippen molar-refractivity contribution < 1.29 is 8.97 Å². The molecule has 0 bridgehead atoms. The summed E-state index contributed by atoms with van der Waals surface area (Å²) in [4.78, 5) is 0. The molecule has 0 unspecified atom stereocenters. The Morgan fingerprint density at radius 2 is 0.565 bits per heavy atom. The minimum Gasteiger partial charge on any atom is -0.326 e. The molecule has 0 fully saturated rings. The van der Waals surface area contributed by atoms with E-state index in [2.05, 4.69) is 48.7 Å². The summed E-state index contributed by atoms with van der Waals surface area (Å²) in [6.45, 7) is 18.8. The molecule has 0 aliphatic heterocycles. The van der Waals surface area contributed by atoms with Crippen LogP contribution in [0.1, 0.15) is 234 Å². The van der Waals surface area contributed by atoms with Gasteiger partial charge in [0.1, 0.15) is 0 Å². The van der Waals surface area contributed by atoms with Gasteiger partial charge in [-0.25, -0.2) is 0 Å². The Morgan fingerprint density at radius 3 is 0.870 bits per heavy atom. The highest BCUT2D eigenvalue weighted by Crippen LogP contribution is 2.30. The van der Waals surface area contributed by atoms with E-state index in [0.29, 0.717) is 0 Å². The van der Waals surface area contributed by atoms with Gasteiger partial charge in [-0.3, -0.25) is 0 Å². The lowest BCUT2D eigenvalue weighted by atomic mass is 9.99. The molecular weight excluding hydrogens is 556 g/mol. The highest BCUT2D eigenvalue weighted by molar-refractivity contribution is 4.80. The smallest absolute Gasteiger partial charge is 0.160 e. The fourth-order valence-electron chi connectivity index (χ4n) is 7.85. The van der Waals surface area contributed by atoms with Gasteiger partial charge in [-0.1, -0.05) is 163 Å². The Labute approximate surface area is 294 Å². The van der Waals surface area contributed by atoms with Crippen LogP contribution in [0.5, 0.6) is 0 Å². The summed E-state index contributed by atoms with van der Waals surface area (Å²) < 4.78 is 2.61. The van der Waals surface area contributed by atoms with Crippen molar-refractivity contribution >= 4 is 0 Å². The molecular formula is C44H93N2+2. The Balaban J connectivity index is 5.30. The zero-order chi connectivity index (χ0) is 34.0. The average Bonchev–Trinajstić information content (AvgIpc) is 3.05. The van der Waals surface area contributed by atoms with Crippen molar-refractivity contribution in [2.75, 3.05) is 46.8 Å². The molecule has 0 N–H and O–H groups in total. The van der Waals surface area contributed by atoms with E-state index in [-0.39, 0.29) is 0 Å². The van der Waals surface area contributed by atoms with Gasteiger partial charge in [0.25, 0.3) is 0 Å². The van der Waals surface area contributed by atoms with Crippen LogP contribution in [0.25, 0.3) is 0 Å². The van der Waals surface area contributed by atoms with Crippen LogP contribution in [0.2, 0.25) is 0 Å². The van der Waals surface area contributed by atoms with E-state index in [9.17, 15) is 0 Å². The lowest BCUT2D eigenvalue weighted by Gasteiger charge is -2.43. The maximum Gasteiger partial charge on any atom is 0.160 e. The minimum atomic E-state index is 1.28. The summed E-state index contributed by atoms with van der Waals surface area (Å²) in [7, 11) is 5.31. The molecule has 0 aromatic rings. The molecule has 0 aromatic heterocycles. The van der Waals surface area contributed by atoms with Crippen LogP contribution in [0.4, 0.5) is 0 Å². The first kappa shape index (κ1) is 45.9. The third kappa shape index (κ3) is 26.8. The van der Waals surface area contributed by atoms with Gasteiger partial charge in [-0.05, 0) is 57.8 Å². The van der Waals surface area contributed by atoms with E-state index in [0.717, 1.165) is 0 Å². The maximum absolute atomic E-state index is 2.66. The average molecular weight is 650 g/mol. The SMILES string of the molecule is CCCCCCCCCC[N+](C)(CCCCCCCCCC)CC[C](CCC)[N+](C)(CCCCCCCC)CCCCCCCC. The lowest BCUT2D eigenvalue weighted by molar-refractivity contribution is -0.923. The molecule has 0 rings (SSSR count). The third-order valence-electron chi connectivity index (χ3n) is 11.4. The Hall–Kier alpha value is -0.0800. The van der Waals surface area contributed by atoms with Gasteiger partial charge in [0.2, 0.25) is 0 Å². The summed E-state index contributed by atoms with van der Waals surface area (Å²) in [5.74, 6) is 0. The van der Waals surface area contributed by atoms with Crippen molar-refractivity contribution in [3.63, 3.8) is 0 Å². The second-order valence-electron chi connectivity index (χ2n) is 16.2. The molecule has 46 heavy (non-hydrogen) atoms. The van der Waals surface area contributed by atoms with Crippen LogP contribution < -0.4 is 0 Å². The first-order chi connectivity index (χ1) is 22.4. The van der Waals surface area contributed by atoms with Crippen molar-refractivity contribution in [2.24, 2.45) is 0 Å². The summed E-state index contributed by atoms with van der Waals surface area (Å²) in [6, 6.07) is 1.90. The van der Waals surface area contributed by atoms with Crippen LogP contribution in [0.15, 0.2) is 0 Å². The van der Waals surface area contributed by atoms with Crippen molar-refractivity contribution in [2.45, 2.75) is 234 Å². The van der Waals surface area contributed by atoms with Crippen molar-refractivity contribution in [3.05, 3.63) is 6.04 Å². The number of quaternary nitrogens is 2. The molecule has 277 valence electrons. The van der Waals surface area contributed by atoms with Crippen molar-refractivity contribution in [1.82, 2.24) is 0 Å².